The Morgan fingerprint density at radius 2 is 2.73 bits per heavy atom. The minimum Gasteiger partial charge on any atom is -0.550 e. The Kier molecular flexibility index (Phi) is 0.671. The molecule has 4 heteroatoms. The lowest BCUT2D eigenvalue weighted by molar-refractivity contribution is -0.873. The van der Waals surface area contributed by atoms with Crippen LogP contribution in [0.1, 0.15) is 21.5 Å². The van der Waals surface area contributed by atoms with Crippen molar-refractivity contribution in [2.75, 3.05) is 27.5 Å². The zero-order chi connectivity index (χ0) is 19.3. The van der Waals surface area contributed by atoms with Gasteiger partial charge in [0.25, 0.3) is 0 Å². The maximum atomic E-state index is 10.9. The Labute approximate surface area is 83.6 Å². The predicted molar refractivity (Wildman–Crippen MR) is 38.5 cm³/mol. The molecule has 0 unspecified atom stereocenters. The third-order valence-corrected chi connectivity index (χ3v) is 0.541. The molecule has 0 spiro atoms. The van der Waals surface area contributed by atoms with Crippen LogP contribution in [0, 0.1) is 0 Å². The Balaban J connectivity index is 6.77. The molecule has 0 saturated carbocycles. The van der Waals surface area contributed by atoms with Crippen molar-refractivity contribution in [3.05, 3.63) is 0 Å². The van der Waals surface area contributed by atoms with E-state index in [0.29, 0.717) is 7.05 Å². The van der Waals surface area contributed by atoms with Crippen LogP contribution >= 0.6 is 0 Å². The molecule has 0 aliphatic carbocycles. The van der Waals surface area contributed by atoms with Crippen molar-refractivity contribution in [3.63, 3.8) is 0 Å². The quantitative estimate of drug-likeness (QED) is 0.499. The molecule has 1 N–H and O–H groups in total. The highest BCUT2D eigenvalue weighted by Gasteiger charge is 2.14. The molecule has 0 aliphatic heterocycles. The summed E-state index contributed by atoms with van der Waals surface area (Å²) >= 11 is 0. The number of nitrogens with zero attached hydrogens (tertiary/aromatic N) is 1. The number of carbonyl (C=O) groups is 1. The smallest absolute Gasteiger partial charge is 0.211 e. The van der Waals surface area contributed by atoms with Gasteiger partial charge in [0.1, 0.15) is 12.6 Å². The molecule has 0 aromatic heterocycles. The van der Waals surface area contributed by atoms with E-state index >= 15 is 0 Å². The van der Waals surface area contributed by atoms with Crippen molar-refractivity contribution in [1.82, 2.24) is 0 Å². The van der Waals surface area contributed by atoms with Crippen molar-refractivity contribution in [2.24, 2.45) is 0 Å². The summed E-state index contributed by atoms with van der Waals surface area (Å²) in [6, 6.07) is 0. The number of likely N-dealkylation sites (N-methyl/N-ethyl adjacent to an activating group) is 1. The van der Waals surface area contributed by atoms with Crippen LogP contribution in [0.4, 0.5) is 0 Å². The number of aliphatic carboxylic acids is 1. The first kappa shape index (κ1) is 2.00. The van der Waals surface area contributed by atoms with E-state index < -0.39 is 43.4 Å². The summed E-state index contributed by atoms with van der Waals surface area (Å²) in [4.78, 5) is 10.9. The number of carboxylic acids is 1. The summed E-state index contributed by atoms with van der Waals surface area (Å²) in [5.41, 5.74) is 0. The van der Waals surface area contributed by atoms with Gasteiger partial charge in [-0.05, 0) is 0 Å². The maximum Gasteiger partial charge on any atom is 0.211 e. The highest BCUT2D eigenvalue weighted by molar-refractivity contribution is 5.64. The number of carboxylic acid groups (broad SMARTS) is 1. The molecule has 4 nitrogen and oxygen atoms in total. The number of carbonyl (C=O) groups excluding carboxylic acids is 1. The molecule has 0 saturated heterocycles. The number of aliphatic hydroxyl groups is 1. The van der Waals surface area contributed by atoms with E-state index in [0.717, 1.165) is 0 Å². The average Bonchev–Trinajstić information content (AvgIpc) is 2.32. The fraction of sp³-hybridized carbons (Fsp3) is 0.857. The molecular formula is C7H15NO3. The molecule has 0 fully saturated rings. The first-order chi connectivity index (χ1) is 9.75. The fourth-order valence-corrected chi connectivity index (χ4v) is 0.324. The van der Waals surface area contributed by atoms with Crippen molar-refractivity contribution in [3.8, 4) is 0 Å². The zero-order valence-corrected chi connectivity index (χ0v) is 5.67. The van der Waals surface area contributed by atoms with Crippen LogP contribution in [-0.4, -0.2) is 50.6 Å². The first-order valence-electron chi connectivity index (χ1n) is 8.39. The molecule has 0 bridgehead atoms. The van der Waals surface area contributed by atoms with E-state index in [9.17, 15) is 9.90 Å². The monoisotopic (exact) mass is 173 g/mol. The van der Waals surface area contributed by atoms with Gasteiger partial charge >= 0.3 is 0 Å². The Morgan fingerprint density at radius 3 is 3.09 bits per heavy atom. The molecule has 1 atom stereocenters. The summed E-state index contributed by atoms with van der Waals surface area (Å²) < 4.78 is 85.4. The maximum absolute atomic E-state index is 10.9. The van der Waals surface area contributed by atoms with E-state index in [-0.39, 0.29) is 0 Å². The van der Waals surface area contributed by atoms with E-state index in [4.69, 9.17) is 16.5 Å². The van der Waals surface area contributed by atoms with Gasteiger partial charge in [-0.3, -0.25) is 0 Å². The van der Waals surface area contributed by atoms with Crippen LogP contribution in [0.15, 0.2) is 0 Å². The van der Waals surface area contributed by atoms with E-state index in [2.05, 4.69) is 5.11 Å². The van der Waals surface area contributed by atoms with Crippen molar-refractivity contribution in [1.29, 1.82) is 1.43 Å². The van der Waals surface area contributed by atoms with Gasteiger partial charge in [-0.1, -0.05) is 0 Å². The van der Waals surface area contributed by atoms with Crippen LogP contribution in [0.5, 0.6) is 0 Å². The van der Waals surface area contributed by atoms with E-state index in [1.165, 1.54) is 0 Å². The lowest BCUT2D eigenvalue weighted by Crippen LogP contribution is -2.43. The molecule has 0 radical (unpaired) electrons. The van der Waals surface area contributed by atoms with Gasteiger partial charge in [-0.25, -0.2) is 0 Å². The zero-order valence-electron chi connectivity index (χ0n) is 17.7. The SMILES string of the molecule is [2H]O[C@@]([2H])(C([2H])([2H])C(=O)[O-])C([2H])([2H])[N+](C)(C([2H])([2H])[2H])C([2H])([2H])[2H]. The molecule has 0 heterocycles. The number of hydrogen-bond acceptors (Lipinski definition) is 3. The number of rotatable bonds is 5. The van der Waals surface area contributed by atoms with Crippen molar-refractivity contribution >= 4 is 5.97 Å². The lowest BCUT2D eigenvalue weighted by atomic mass is 10.2. The molecule has 0 aliphatic rings. The third kappa shape index (κ3) is 7.29. The van der Waals surface area contributed by atoms with Crippen LogP contribution in [0.3, 0.4) is 0 Å². The van der Waals surface area contributed by atoms with E-state index in [1.54, 1.807) is 0 Å². The molecule has 0 rings (SSSR count). The molecule has 66 valence electrons. The normalized spacial score (nSPS) is 38.3. The number of quaternary nitrogens is 1. The number of hydrogen-bond donors (Lipinski definition) is 1. The van der Waals surface area contributed by atoms with Gasteiger partial charge in [0, 0.05) is 15.1 Å². The Hall–Kier alpha value is -0.610. The van der Waals surface area contributed by atoms with Gasteiger partial charge in [0.15, 0.2) is 0 Å². The van der Waals surface area contributed by atoms with Gasteiger partial charge in [-0.15, -0.1) is 0 Å². The van der Waals surface area contributed by atoms with Crippen molar-refractivity contribution < 1.29 is 34.6 Å². The standard InChI is InChI=1S/C7H15NO3/c1-8(2,3)5-6(9)4-7(10)11/h6,9H,4-5H2,1-3H3/t6-/m0/s1/i1D3,2D3,4D2,5D2,6D,9D. The minimum absolute atomic E-state index is 0.327. The van der Waals surface area contributed by atoms with Crippen LogP contribution in [0.25, 0.3) is 0 Å². The van der Waals surface area contributed by atoms with Gasteiger partial charge < -0.3 is 19.5 Å². The lowest BCUT2D eigenvalue weighted by Gasteiger charge is -2.26. The summed E-state index contributed by atoms with van der Waals surface area (Å²) in [6.45, 7) is -11.4. The minimum atomic E-state index is -4.07. The molecule has 0 aromatic carbocycles. The highest BCUT2D eigenvalue weighted by Crippen LogP contribution is 1.97. The highest BCUT2D eigenvalue weighted by atomic mass is 16.4. The Bertz CT molecular complexity index is 456. The summed E-state index contributed by atoms with van der Waals surface area (Å²) in [7, 11) is 0.327. The molecule has 11 heavy (non-hydrogen) atoms. The fourth-order valence-electron chi connectivity index (χ4n) is 0.324. The van der Waals surface area contributed by atoms with Crippen molar-refractivity contribution in [2.45, 2.75) is 12.5 Å². The van der Waals surface area contributed by atoms with Gasteiger partial charge in [0.05, 0.1) is 33.3 Å². The summed E-state index contributed by atoms with van der Waals surface area (Å²) in [5, 5.41) is 14.5. The largest absolute Gasteiger partial charge is 0.550 e. The topological polar surface area (TPSA) is 60.4 Å². The van der Waals surface area contributed by atoms with Crippen LogP contribution in [-0.2, 0) is 4.79 Å². The van der Waals surface area contributed by atoms with Gasteiger partial charge in [-0.2, -0.15) is 0 Å². The molecule has 0 amide bonds. The Morgan fingerprint density at radius 1 is 2.09 bits per heavy atom. The second kappa shape index (κ2) is 3.69. The van der Waals surface area contributed by atoms with Crippen LogP contribution < -0.4 is 5.11 Å². The third-order valence-electron chi connectivity index (χ3n) is 0.541. The first-order valence-corrected chi connectivity index (χ1v) is 2.48. The van der Waals surface area contributed by atoms with Gasteiger partial charge in [0.2, 0.25) is 1.43 Å². The average molecular weight is 173 g/mol. The molecular weight excluding hydrogens is 146 g/mol. The summed E-state index contributed by atoms with van der Waals surface area (Å²) in [6.07, 6.45) is -8.12. The second-order valence-corrected chi connectivity index (χ2v) is 1.86. The van der Waals surface area contributed by atoms with E-state index in [1.807, 2.05) is 0 Å². The predicted octanol–water partition coefficient (Wildman–Crippen LogP) is -1.81. The second-order valence-electron chi connectivity index (χ2n) is 1.86. The summed E-state index contributed by atoms with van der Waals surface area (Å²) in [5.74, 6) is -2.67. The molecule has 0 aromatic rings. The van der Waals surface area contributed by atoms with Crippen LogP contribution in [0.2, 0.25) is 0 Å².